The van der Waals surface area contributed by atoms with Gasteiger partial charge in [0, 0.05) is 0 Å². The van der Waals surface area contributed by atoms with Crippen LogP contribution in [0.3, 0.4) is 0 Å². The molecular weight excluding hydrogens is 452 g/mol. The van der Waals surface area contributed by atoms with E-state index in [4.69, 9.17) is 15.9 Å². The molecule has 0 radical (unpaired) electrons. The topological polar surface area (TPSA) is 245 Å². The molecule has 0 spiro atoms. The van der Waals surface area contributed by atoms with Crippen molar-refractivity contribution in [3.8, 4) is 0 Å². The number of carboxylic acids is 3. The minimum absolute atomic E-state index is 0.0454. The molecule has 0 aromatic rings. The van der Waals surface area contributed by atoms with Crippen molar-refractivity contribution in [2.75, 3.05) is 12.0 Å². The first-order valence-electron chi connectivity index (χ1n) is 9.30. The van der Waals surface area contributed by atoms with Crippen LogP contribution in [0.4, 0.5) is 0 Å². The standard InChI is InChI=1S/C17H28N4O10S/c1-7(22)13(21-14(27)8(18)5-11(23)24)16(29)20-10(6-12(25)26)15(28)19-9(17(30)31)3-4-32-2/h7-10,13,22H,3-6,18H2,1-2H3,(H,19,28)(H,20,29)(H,21,27)(H,23,24)(H,25,26)(H,30,31). The quantitative estimate of drug-likeness (QED) is 0.116. The molecule has 0 saturated heterocycles. The van der Waals surface area contributed by atoms with Gasteiger partial charge in [-0.2, -0.15) is 11.8 Å². The molecule has 5 atom stereocenters. The average molecular weight is 480 g/mol. The third-order valence-corrected chi connectivity index (χ3v) is 4.67. The average Bonchev–Trinajstić information content (AvgIpc) is 2.66. The number of nitrogens with one attached hydrogen (secondary N) is 3. The second kappa shape index (κ2) is 14.2. The van der Waals surface area contributed by atoms with Crippen molar-refractivity contribution in [2.24, 2.45) is 5.73 Å². The molecular formula is C17H28N4O10S. The highest BCUT2D eigenvalue weighted by molar-refractivity contribution is 7.98. The number of carbonyl (C=O) groups excluding carboxylic acids is 3. The molecule has 0 aromatic carbocycles. The third kappa shape index (κ3) is 10.9. The molecule has 0 heterocycles. The molecule has 0 saturated carbocycles. The predicted molar refractivity (Wildman–Crippen MR) is 111 cm³/mol. The van der Waals surface area contributed by atoms with Crippen LogP contribution in [0, 0.1) is 0 Å². The number of aliphatic hydroxyl groups is 1. The lowest BCUT2D eigenvalue weighted by atomic mass is 10.1. The highest BCUT2D eigenvalue weighted by Crippen LogP contribution is 2.04. The van der Waals surface area contributed by atoms with E-state index in [9.17, 15) is 39.0 Å². The van der Waals surface area contributed by atoms with Crippen molar-refractivity contribution in [1.82, 2.24) is 16.0 Å². The molecule has 3 amide bonds. The Morgan fingerprint density at radius 3 is 1.81 bits per heavy atom. The van der Waals surface area contributed by atoms with Crippen molar-refractivity contribution in [3.63, 3.8) is 0 Å². The molecule has 0 rings (SSSR count). The molecule has 32 heavy (non-hydrogen) atoms. The summed E-state index contributed by atoms with van der Waals surface area (Å²) < 4.78 is 0. The second-order valence-electron chi connectivity index (χ2n) is 6.77. The normalized spacial score (nSPS) is 15.4. The maximum absolute atomic E-state index is 12.5. The number of rotatable bonds is 15. The molecule has 15 heteroatoms. The number of aliphatic hydroxyl groups excluding tert-OH is 1. The van der Waals surface area contributed by atoms with Crippen LogP contribution < -0.4 is 21.7 Å². The maximum atomic E-state index is 12.5. The molecule has 0 fully saturated rings. The zero-order chi connectivity index (χ0) is 25.0. The summed E-state index contributed by atoms with van der Waals surface area (Å²) in [6, 6.07) is -6.28. The van der Waals surface area contributed by atoms with E-state index < -0.39 is 78.7 Å². The minimum Gasteiger partial charge on any atom is -0.481 e. The Morgan fingerprint density at radius 2 is 1.38 bits per heavy atom. The number of thioether (sulfide) groups is 1. The van der Waals surface area contributed by atoms with E-state index in [2.05, 4.69) is 10.6 Å². The number of amides is 3. The molecule has 5 unspecified atom stereocenters. The maximum Gasteiger partial charge on any atom is 0.326 e. The minimum atomic E-state index is -1.72. The summed E-state index contributed by atoms with van der Waals surface area (Å²) in [4.78, 5) is 70.0. The molecule has 14 nitrogen and oxygen atoms in total. The van der Waals surface area contributed by atoms with Crippen LogP contribution in [0.1, 0.15) is 26.2 Å². The van der Waals surface area contributed by atoms with Crippen LogP contribution in [-0.2, 0) is 28.8 Å². The van der Waals surface area contributed by atoms with Crippen molar-refractivity contribution >= 4 is 47.4 Å². The van der Waals surface area contributed by atoms with Gasteiger partial charge in [0.15, 0.2) is 0 Å². The lowest BCUT2D eigenvalue weighted by molar-refractivity contribution is -0.143. The molecule has 0 aliphatic heterocycles. The molecule has 0 aliphatic carbocycles. The van der Waals surface area contributed by atoms with Gasteiger partial charge in [0.05, 0.1) is 25.0 Å². The van der Waals surface area contributed by atoms with Gasteiger partial charge in [-0.05, 0) is 25.4 Å². The predicted octanol–water partition coefficient (Wildman–Crippen LogP) is -3.06. The fourth-order valence-corrected chi connectivity index (χ4v) is 2.83. The molecule has 9 N–H and O–H groups in total. The van der Waals surface area contributed by atoms with Crippen LogP contribution in [0.5, 0.6) is 0 Å². The van der Waals surface area contributed by atoms with Crippen molar-refractivity contribution in [1.29, 1.82) is 0 Å². The SMILES string of the molecule is CSCCC(NC(=O)C(CC(=O)O)NC(=O)C(NC(=O)C(N)CC(=O)O)C(C)O)C(=O)O. The summed E-state index contributed by atoms with van der Waals surface area (Å²) in [5.74, 6) is -7.15. The largest absolute Gasteiger partial charge is 0.481 e. The van der Waals surface area contributed by atoms with E-state index >= 15 is 0 Å². The number of nitrogens with two attached hydrogens (primary N) is 1. The highest BCUT2D eigenvalue weighted by atomic mass is 32.2. The van der Waals surface area contributed by atoms with E-state index in [-0.39, 0.29) is 6.42 Å². The number of carbonyl (C=O) groups is 6. The summed E-state index contributed by atoms with van der Waals surface area (Å²) in [7, 11) is 0. The Labute approximate surface area is 187 Å². The van der Waals surface area contributed by atoms with Gasteiger partial charge in [0.2, 0.25) is 17.7 Å². The van der Waals surface area contributed by atoms with E-state index in [0.717, 1.165) is 6.92 Å². The van der Waals surface area contributed by atoms with Crippen LogP contribution in [-0.4, -0.2) is 98.3 Å². The Morgan fingerprint density at radius 1 is 0.844 bits per heavy atom. The number of aliphatic carboxylic acids is 3. The monoisotopic (exact) mass is 480 g/mol. The lowest BCUT2D eigenvalue weighted by Crippen LogP contribution is -2.60. The number of carboxylic acid groups (broad SMARTS) is 3. The van der Waals surface area contributed by atoms with Crippen molar-refractivity contribution in [3.05, 3.63) is 0 Å². The first kappa shape index (κ1) is 29.1. The summed E-state index contributed by atoms with van der Waals surface area (Å²) in [5, 5.41) is 43.0. The van der Waals surface area contributed by atoms with Gasteiger partial charge in [-0.15, -0.1) is 0 Å². The van der Waals surface area contributed by atoms with Gasteiger partial charge < -0.3 is 42.1 Å². The Balaban J connectivity index is 5.42. The first-order chi connectivity index (χ1) is 14.8. The van der Waals surface area contributed by atoms with Gasteiger partial charge in [-0.1, -0.05) is 0 Å². The van der Waals surface area contributed by atoms with Crippen molar-refractivity contribution < 1.29 is 49.2 Å². The van der Waals surface area contributed by atoms with Crippen molar-refractivity contribution in [2.45, 2.75) is 56.5 Å². The van der Waals surface area contributed by atoms with Gasteiger partial charge in [0.25, 0.3) is 0 Å². The fraction of sp³-hybridized carbons (Fsp3) is 0.647. The van der Waals surface area contributed by atoms with E-state index in [0.29, 0.717) is 5.75 Å². The highest BCUT2D eigenvalue weighted by Gasteiger charge is 2.33. The zero-order valence-electron chi connectivity index (χ0n) is 17.4. The Hall–Kier alpha value is -2.91. The fourth-order valence-electron chi connectivity index (χ4n) is 2.36. The van der Waals surface area contributed by atoms with Gasteiger partial charge in [-0.3, -0.25) is 24.0 Å². The van der Waals surface area contributed by atoms with Crippen LogP contribution in [0.2, 0.25) is 0 Å². The summed E-state index contributed by atoms with van der Waals surface area (Å²) in [6.45, 7) is 1.11. The zero-order valence-corrected chi connectivity index (χ0v) is 18.3. The lowest BCUT2D eigenvalue weighted by Gasteiger charge is -2.25. The molecule has 0 aliphatic rings. The third-order valence-electron chi connectivity index (χ3n) is 4.03. The second-order valence-corrected chi connectivity index (χ2v) is 7.76. The summed E-state index contributed by atoms with van der Waals surface area (Å²) in [6.07, 6.45) is -1.43. The van der Waals surface area contributed by atoms with Crippen LogP contribution >= 0.6 is 11.8 Å². The first-order valence-corrected chi connectivity index (χ1v) is 10.7. The smallest absolute Gasteiger partial charge is 0.326 e. The molecule has 182 valence electrons. The molecule has 0 bridgehead atoms. The van der Waals surface area contributed by atoms with Crippen LogP contribution in [0.25, 0.3) is 0 Å². The van der Waals surface area contributed by atoms with E-state index in [1.807, 2.05) is 5.32 Å². The van der Waals surface area contributed by atoms with Gasteiger partial charge >= 0.3 is 17.9 Å². The number of hydrogen-bond acceptors (Lipinski definition) is 9. The number of hydrogen-bond donors (Lipinski definition) is 8. The summed E-state index contributed by atoms with van der Waals surface area (Å²) in [5.41, 5.74) is 5.40. The van der Waals surface area contributed by atoms with Gasteiger partial charge in [0.1, 0.15) is 18.1 Å². The van der Waals surface area contributed by atoms with Gasteiger partial charge in [-0.25, -0.2) is 4.79 Å². The Kier molecular flexibility index (Phi) is 12.9. The van der Waals surface area contributed by atoms with E-state index in [1.54, 1.807) is 6.26 Å². The van der Waals surface area contributed by atoms with Crippen LogP contribution in [0.15, 0.2) is 0 Å². The Bertz CT molecular complexity index is 717. The molecule has 0 aromatic heterocycles. The summed E-state index contributed by atoms with van der Waals surface area (Å²) >= 11 is 1.33. The van der Waals surface area contributed by atoms with E-state index in [1.165, 1.54) is 11.8 Å².